The van der Waals surface area contributed by atoms with Gasteiger partial charge in [-0.15, -0.1) is 0 Å². The molecule has 0 radical (unpaired) electrons. The van der Waals surface area contributed by atoms with Crippen LogP contribution in [0.3, 0.4) is 0 Å². The second-order valence-electron chi connectivity index (χ2n) is 8.98. The van der Waals surface area contributed by atoms with Gasteiger partial charge in [-0.25, -0.2) is 18.3 Å². The fourth-order valence-electron chi connectivity index (χ4n) is 3.53. The molecule has 186 valence electrons. The number of carbonyl (C=O) groups is 1. The molecule has 7 nitrogen and oxygen atoms in total. The maximum Gasteiger partial charge on any atom is 0.421 e. The van der Waals surface area contributed by atoms with Crippen molar-refractivity contribution in [2.45, 2.75) is 57.5 Å². The summed E-state index contributed by atoms with van der Waals surface area (Å²) in [5.41, 5.74) is -4.06. The summed E-state index contributed by atoms with van der Waals surface area (Å²) in [6.45, 7) is 3.19. The van der Waals surface area contributed by atoms with Gasteiger partial charge in [-0.1, -0.05) is 12.1 Å². The molecule has 0 saturated carbocycles. The van der Waals surface area contributed by atoms with Gasteiger partial charge in [0, 0.05) is 6.42 Å². The molecule has 34 heavy (non-hydrogen) atoms. The predicted octanol–water partition coefficient (Wildman–Crippen LogP) is 4.64. The molecule has 1 aliphatic rings. The molecule has 12 heteroatoms. The van der Waals surface area contributed by atoms with E-state index in [1.54, 1.807) is 12.1 Å². The molecule has 0 bridgehead atoms. The zero-order valence-electron chi connectivity index (χ0n) is 18.9. The Labute approximate surface area is 192 Å². The van der Waals surface area contributed by atoms with E-state index in [4.69, 9.17) is 9.47 Å². The number of benzene rings is 1. The Morgan fingerprint density at radius 3 is 2.32 bits per heavy atom. The van der Waals surface area contributed by atoms with Crippen molar-refractivity contribution < 1.29 is 36.2 Å². The molecule has 1 atom stereocenters. The van der Waals surface area contributed by atoms with Crippen LogP contribution in [-0.4, -0.2) is 46.0 Å². The van der Waals surface area contributed by atoms with E-state index in [1.807, 2.05) is 0 Å². The van der Waals surface area contributed by atoms with Crippen molar-refractivity contribution in [3.8, 4) is 5.75 Å². The molecule has 2 aromatic rings. The van der Waals surface area contributed by atoms with E-state index in [2.05, 4.69) is 5.10 Å². The number of halogens is 5. The summed E-state index contributed by atoms with van der Waals surface area (Å²) in [7, 11) is 1.44. The lowest BCUT2D eigenvalue weighted by molar-refractivity contribution is -0.139. The number of rotatable bonds is 4. The Morgan fingerprint density at radius 2 is 1.79 bits per heavy atom. The topological polar surface area (TPSA) is 73.7 Å². The van der Waals surface area contributed by atoms with Crippen molar-refractivity contribution >= 4 is 6.09 Å². The highest BCUT2D eigenvalue weighted by molar-refractivity contribution is 5.69. The van der Waals surface area contributed by atoms with E-state index in [9.17, 15) is 31.5 Å². The number of alkyl halides is 5. The molecule has 0 aliphatic carbocycles. The van der Waals surface area contributed by atoms with Gasteiger partial charge < -0.3 is 9.47 Å². The number of ether oxygens (including phenoxy) is 2. The molecule has 1 amide bonds. The fourth-order valence-corrected chi connectivity index (χ4v) is 3.53. The van der Waals surface area contributed by atoms with Gasteiger partial charge in [-0.05, 0) is 44.5 Å². The highest BCUT2D eigenvalue weighted by Gasteiger charge is 2.50. The Bertz CT molecular complexity index is 1110. The fraction of sp³-hybridized carbons (Fsp3) is 0.500. The van der Waals surface area contributed by atoms with E-state index >= 15 is 0 Å². The van der Waals surface area contributed by atoms with Crippen LogP contribution in [0, 0.1) is 0 Å². The zero-order valence-corrected chi connectivity index (χ0v) is 18.9. The molecule has 1 saturated heterocycles. The second kappa shape index (κ2) is 8.88. The quantitative estimate of drug-likeness (QED) is 0.586. The minimum absolute atomic E-state index is 0.352. The standard InChI is InChI=1S/C22H24F5N3O4/c1-20(2,3)34-19(32)29-12-21(23,24)10-17(29)16-9-15(22(25,26)27)18(31)30(28-16)11-13-5-7-14(33-4)8-6-13/h5-9,17H,10-12H2,1-4H3/t17-/m0/s1. The molecule has 1 aromatic heterocycles. The first-order valence-corrected chi connectivity index (χ1v) is 10.3. The summed E-state index contributed by atoms with van der Waals surface area (Å²) in [6, 6.07) is 5.07. The van der Waals surface area contributed by atoms with Gasteiger partial charge in [0.1, 0.15) is 16.9 Å². The Morgan fingerprint density at radius 1 is 1.18 bits per heavy atom. The van der Waals surface area contributed by atoms with E-state index < -0.39 is 59.6 Å². The number of amides is 1. The average molecular weight is 489 g/mol. The third-order valence-corrected chi connectivity index (χ3v) is 5.03. The molecule has 3 rings (SSSR count). The van der Waals surface area contributed by atoms with Crippen LogP contribution >= 0.6 is 0 Å². The number of hydrogen-bond donors (Lipinski definition) is 0. The highest BCUT2D eigenvalue weighted by atomic mass is 19.4. The molecular weight excluding hydrogens is 465 g/mol. The lowest BCUT2D eigenvalue weighted by Gasteiger charge is -2.28. The van der Waals surface area contributed by atoms with Gasteiger partial charge in [0.15, 0.2) is 0 Å². The Balaban J connectivity index is 2.07. The molecule has 0 spiro atoms. The molecule has 0 N–H and O–H groups in total. The van der Waals surface area contributed by atoms with Crippen LogP contribution in [0.15, 0.2) is 35.1 Å². The highest BCUT2D eigenvalue weighted by Crippen LogP contribution is 2.42. The number of hydrogen-bond acceptors (Lipinski definition) is 5. The van der Waals surface area contributed by atoms with Crippen LogP contribution in [-0.2, 0) is 17.5 Å². The second-order valence-corrected chi connectivity index (χ2v) is 8.98. The third kappa shape index (κ3) is 5.84. The number of likely N-dealkylation sites (tertiary alicyclic amines) is 1. The van der Waals surface area contributed by atoms with Crippen molar-refractivity contribution in [2.75, 3.05) is 13.7 Å². The van der Waals surface area contributed by atoms with E-state index in [0.717, 1.165) is 0 Å². The first kappa shape index (κ1) is 25.4. The largest absolute Gasteiger partial charge is 0.497 e. The summed E-state index contributed by atoms with van der Waals surface area (Å²) in [4.78, 5) is 25.7. The van der Waals surface area contributed by atoms with Crippen LogP contribution in [0.1, 0.15) is 50.1 Å². The van der Waals surface area contributed by atoms with Gasteiger partial charge in [0.05, 0.1) is 31.9 Å². The van der Waals surface area contributed by atoms with Crippen LogP contribution in [0.2, 0.25) is 0 Å². The number of nitrogens with zero attached hydrogens (tertiary/aromatic N) is 3. The molecule has 0 unspecified atom stereocenters. The van der Waals surface area contributed by atoms with Gasteiger partial charge >= 0.3 is 12.3 Å². The number of aromatic nitrogens is 2. The van der Waals surface area contributed by atoms with Gasteiger partial charge in [0.2, 0.25) is 0 Å². The van der Waals surface area contributed by atoms with Gasteiger partial charge in [-0.3, -0.25) is 9.69 Å². The first-order valence-electron chi connectivity index (χ1n) is 10.3. The van der Waals surface area contributed by atoms with Crippen molar-refractivity contribution in [3.05, 3.63) is 57.5 Å². The SMILES string of the molecule is COc1ccc(Cn2nc([C@@H]3CC(F)(F)CN3C(=O)OC(C)(C)C)cc(C(F)(F)F)c2=O)cc1. The minimum Gasteiger partial charge on any atom is -0.497 e. The predicted molar refractivity (Wildman–Crippen MR) is 111 cm³/mol. The van der Waals surface area contributed by atoms with Crippen LogP contribution in [0.5, 0.6) is 5.75 Å². The summed E-state index contributed by atoms with van der Waals surface area (Å²) < 4.78 is 80.3. The summed E-state index contributed by atoms with van der Waals surface area (Å²) in [5, 5.41) is 3.95. The summed E-state index contributed by atoms with van der Waals surface area (Å²) >= 11 is 0. The molecule has 1 aliphatic heterocycles. The Hall–Kier alpha value is -3.18. The van der Waals surface area contributed by atoms with Gasteiger partial charge in [-0.2, -0.15) is 18.3 Å². The molecule has 1 aromatic carbocycles. The van der Waals surface area contributed by atoms with E-state index in [-0.39, 0.29) is 6.54 Å². The third-order valence-electron chi connectivity index (χ3n) is 5.03. The maximum atomic E-state index is 14.3. The number of carbonyl (C=O) groups excluding carboxylic acids is 1. The first-order chi connectivity index (χ1) is 15.6. The van der Waals surface area contributed by atoms with Crippen LogP contribution in [0.25, 0.3) is 0 Å². The molecule has 2 heterocycles. The van der Waals surface area contributed by atoms with Crippen molar-refractivity contribution in [2.24, 2.45) is 0 Å². The van der Waals surface area contributed by atoms with Crippen molar-refractivity contribution in [1.29, 1.82) is 0 Å². The average Bonchev–Trinajstić information content (AvgIpc) is 3.03. The lowest BCUT2D eigenvalue weighted by atomic mass is 10.1. The van der Waals surface area contributed by atoms with Crippen molar-refractivity contribution in [1.82, 2.24) is 14.7 Å². The van der Waals surface area contributed by atoms with Crippen molar-refractivity contribution in [3.63, 3.8) is 0 Å². The maximum absolute atomic E-state index is 14.3. The van der Waals surface area contributed by atoms with E-state index in [1.165, 1.54) is 40.0 Å². The monoisotopic (exact) mass is 489 g/mol. The minimum atomic E-state index is -5.06. The smallest absolute Gasteiger partial charge is 0.421 e. The van der Waals surface area contributed by atoms with E-state index in [0.29, 0.717) is 27.0 Å². The number of methoxy groups -OCH3 is 1. The molecular formula is C22H24F5N3O4. The zero-order chi connectivity index (χ0) is 25.5. The normalized spacial score (nSPS) is 18.1. The summed E-state index contributed by atoms with van der Waals surface area (Å²) in [5.74, 6) is -2.88. The van der Waals surface area contributed by atoms with Gasteiger partial charge in [0.25, 0.3) is 11.5 Å². The van der Waals surface area contributed by atoms with Crippen LogP contribution in [0.4, 0.5) is 26.7 Å². The lowest BCUT2D eigenvalue weighted by Crippen LogP contribution is -2.39. The summed E-state index contributed by atoms with van der Waals surface area (Å²) in [6.07, 6.45) is -7.14. The van der Waals surface area contributed by atoms with Crippen LogP contribution < -0.4 is 10.3 Å². The Kier molecular flexibility index (Phi) is 6.64. The molecule has 1 fully saturated rings.